The number of carbonyl (C=O) groups excluding carboxylic acids is 2. The van der Waals surface area contributed by atoms with E-state index >= 15 is 0 Å². The van der Waals surface area contributed by atoms with E-state index in [0.717, 1.165) is 5.56 Å². The van der Waals surface area contributed by atoms with Gasteiger partial charge in [0.25, 0.3) is 11.8 Å². The van der Waals surface area contributed by atoms with Crippen LogP contribution in [0.3, 0.4) is 0 Å². The molecule has 2 amide bonds. The van der Waals surface area contributed by atoms with Gasteiger partial charge in [-0.15, -0.1) is 0 Å². The summed E-state index contributed by atoms with van der Waals surface area (Å²) in [4.78, 5) is 37.6. The van der Waals surface area contributed by atoms with Gasteiger partial charge in [0.15, 0.2) is 18.2 Å². The molecule has 5 rings (SSSR count). The summed E-state index contributed by atoms with van der Waals surface area (Å²) in [6, 6.07) is 0. The van der Waals surface area contributed by atoms with Crippen LogP contribution in [-0.2, 0) is 22.4 Å². The van der Waals surface area contributed by atoms with Crippen molar-refractivity contribution in [1.29, 1.82) is 0 Å². The number of halogens is 2. The minimum atomic E-state index is -0.517. The Bertz CT molecular complexity index is 1130. The molecule has 2 aliphatic heterocycles. The van der Waals surface area contributed by atoms with Crippen molar-refractivity contribution in [3.63, 3.8) is 0 Å². The van der Waals surface area contributed by atoms with E-state index < -0.39 is 6.09 Å². The number of hydrogen-bond acceptors (Lipinski definition) is 8. The second-order valence-electron chi connectivity index (χ2n) is 8.36. The Labute approximate surface area is 193 Å². The van der Waals surface area contributed by atoms with Crippen molar-refractivity contribution in [3.05, 3.63) is 34.0 Å². The molecule has 2 N–H and O–H groups in total. The summed E-state index contributed by atoms with van der Waals surface area (Å²) in [6.45, 7) is 3.16. The zero-order valence-corrected chi connectivity index (χ0v) is 18.6. The number of amides is 2. The lowest BCUT2D eigenvalue weighted by atomic mass is 10.1. The predicted octanol–water partition coefficient (Wildman–Crippen LogP) is 2.02. The number of fused-ring (bicyclic) bond motifs is 2. The van der Waals surface area contributed by atoms with Crippen LogP contribution in [0.2, 0.25) is 5.15 Å². The third-order valence-electron chi connectivity index (χ3n) is 6.00. The maximum atomic E-state index is 14.3. The van der Waals surface area contributed by atoms with Gasteiger partial charge in [0.05, 0.1) is 18.4 Å². The summed E-state index contributed by atoms with van der Waals surface area (Å²) < 4.78 is 25.0. The summed E-state index contributed by atoms with van der Waals surface area (Å²) in [5.74, 6) is 0.330. The molecule has 2 aromatic rings. The number of hydrogen-bond donors (Lipinski definition) is 2. The number of cyclic esters (lactones) is 1. The van der Waals surface area contributed by atoms with E-state index in [9.17, 15) is 14.0 Å². The van der Waals surface area contributed by atoms with Gasteiger partial charge in [-0.05, 0) is 56.3 Å². The summed E-state index contributed by atoms with van der Waals surface area (Å²) in [6.07, 6.45) is 2.51. The molecule has 0 bridgehead atoms. The van der Waals surface area contributed by atoms with Crippen LogP contribution >= 0.6 is 11.6 Å². The van der Waals surface area contributed by atoms with E-state index in [2.05, 4.69) is 25.6 Å². The fourth-order valence-electron chi connectivity index (χ4n) is 4.37. The molecule has 0 spiro atoms. The highest BCUT2D eigenvalue weighted by molar-refractivity contribution is 6.30. The number of aromatic nitrogens is 3. The molecule has 1 aliphatic carbocycles. The molecule has 2 aromatic heterocycles. The number of anilines is 2. The monoisotopic (exact) mass is 476 g/mol. The first-order valence-electron chi connectivity index (χ1n) is 10.7. The Hall–Kier alpha value is -3.05. The minimum absolute atomic E-state index is 0.118. The standard InChI is InChI=1S/C21H22ClFN6O4/c1-10-17(23)13-4-11(5-14(13)18(22)26-10)6-24-3-2-12-8-29(21(31)33-12)15-7-25-20-19(27-15)28-16(30)9-32-20/h7,11-12,24H,2-6,8-9H2,1H3,(H,27,28,30). The normalized spacial score (nSPS) is 21.4. The molecule has 10 nitrogen and oxygen atoms in total. The van der Waals surface area contributed by atoms with Gasteiger partial charge in [-0.3, -0.25) is 9.69 Å². The van der Waals surface area contributed by atoms with Gasteiger partial charge < -0.3 is 20.1 Å². The molecule has 4 heterocycles. The van der Waals surface area contributed by atoms with Crippen LogP contribution < -0.4 is 20.3 Å². The van der Waals surface area contributed by atoms with Gasteiger partial charge >= 0.3 is 6.09 Å². The van der Waals surface area contributed by atoms with E-state index in [1.807, 2.05) is 0 Å². The van der Waals surface area contributed by atoms with E-state index in [1.54, 1.807) is 6.92 Å². The first-order chi connectivity index (χ1) is 15.9. The van der Waals surface area contributed by atoms with E-state index in [1.165, 1.54) is 11.1 Å². The Morgan fingerprint density at radius 3 is 2.97 bits per heavy atom. The summed E-state index contributed by atoms with van der Waals surface area (Å²) in [7, 11) is 0. The minimum Gasteiger partial charge on any atom is -0.465 e. The second kappa shape index (κ2) is 8.71. The predicted molar refractivity (Wildman–Crippen MR) is 116 cm³/mol. The molecule has 3 aliphatic rings. The molecule has 2 unspecified atom stereocenters. The maximum Gasteiger partial charge on any atom is 0.415 e. The van der Waals surface area contributed by atoms with E-state index in [0.29, 0.717) is 55.3 Å². The fraction of sp³-hybridized carbons (Fsp3) is 0.476. The third-order valence-corrected chi connectivity index (χ3v) is 6.31. The van der Waals surface area contributed by atoms with Crippen LogP contribution in [0.4, 0.5) is 20.8 Å². The molecule has 1 saturated heterocycles. The van der Waals surface area contributed by atoms with Crippen LogP contribution in [0.15, 0.2) is 6.20 Å². The highest BCUT2D eigenvalue weighted by Crippen LogP contribution is 2.34. The largest absolute Gasteiger partial charge is 0.465 e. The van der Waals surface area contributed by atoms with Gasteiger partial charge in [0.1, 0.15) is 17.1 Å². The molecular weight excluding hydrogens is 455 g/mol. The first kappa shape index (κ1) is 21.8. The van der Waals surface area contributed by atoms with Gasteiger partial charge in [-0.25, -0.2) is 24.1 Å². The van der Waals surface area contributed by atoms with Crippen LogP contribution in [0, 0.1) is 18.7 Å². The second-order valence-corrected chi connectivity index (χ2v) is 8.72. The van der Waals surface area contributed by atoms with Crippen molar-refractivity contribution >= 4 is 35.2 Å². The molecule has 0 aromatic carbocycles. The number of rotatable bonds is 6. The summed E-state index contributed by atoms with van der Waals surface area (Å²) in [5.41, 5.74) is 1.81. The lowest BCUT2D eigenvalue weighted by molar-refractivity contribution is -0.118. The lowest BCUT2D eigenvalue weighted by Gasteiger charge is -2.18. The first-order valence-corrected chi connectivity index (χ1v) is 11.1. The quantitative estimate of drug-likeness (QED) is 0.480. The molecule has 1 fully saturated rings. The van der Waals surface area contributed by atoms with Gasteiger partial charge in [0.2, 0.25) is 0 Å². The Kier molecular flexibility index (Phi) is 5.75. The average molecular weight is 477 g/mol. The number of carbonyl (C=O) groups is 2. The van der Waals surface area contributed by atoms with Crippen LogP contribution in [0.5, 0.6) is 5.88 Å². The van der Waals surface area contributed by atoms with Crippen molar-refractivity contribution in [1.82, 2.24) is 20.3 Å². The molecular formula is C21H22ClFN6O4. The Morgan fingerprint density at radius 2 is 2.12 bits per heavy atom. The average Bonchev–Trinajstić information content (AvgIpc) is 3.38. The van der Waals surface area contributed by atoms with Gasteiger partial charge in [0, 0.05) is 0 Å². The molecule has 174 valence electrons. The zero-order valence-electron chi connectivity index (χ0n) is 17.9. The van der Waals surface area contributed by atoms with Crippen molar-refractivity contribution in [2.75, 3.05) is 36.5 Å². The van der Waals surface area contributed by atoms with Crippen molar-refractivity contribution in [2.24, 2.45) is 5.92 Å². The van der Waals surface area contributed by atoms with E-state index in [4.69, 9.17) is 21.1 Å². The molecule has 2 atom stereocenters. The number of ether oxygens (including phenoxy) is 2. The number of pyridine rings is 1. The summed E-state index contributed by atoms with van der Waals surface area (Å²) >= 11 is 6.20. The zero-order chi connectivity index (χ0) is 23.1. The fourth-order valence-corrected chi connectivity index (χ4v) is 4.69. The van der Waals surface area contributed by atoms with Crippen molar-refractivity contribution < 1.29 is 23.5 Å². The topological polar surface area (TPSA) is 119 Å². The highest BCUT2D eigenvalue weighted by Gasteiger charge is 2.34. The number of nitrogens with zero attached hydrogens (tertiary/aromatic N) is 4. The molecule has 0 radical (unpaired) electrons. The maximum absolute atomic E-state index is 14.3. The summed E-state index contributed by atoms with van der Waals surface area (Å²) in [5, 5.41) is 6.33. The van der Waals surface area contributed by atoms with Crippen LogP contribution in [0.25, 0.3) is 0 Å². The Morgan fingerprint density at radius 1 is 1.30 bits per heavy atom. The van der Waals surface area contributed by atoms with Crippen molar-refractivity contribution in [2.45, 2.75) is 32.3 Å². The van der Waals surface area contributed by atoms with Gasteiger partial charge in [-0.1, -0.05) is 11.6 Å². The Balaban J connectivity index is 1.11. The molecule has 33 heavy (non-hydrogen) atoms. The third kappa shape index (κ3) is 4.30. The lowest BCUT2D eigenvalue weighted by Crippen LogP contribution is -2.30. The molecule has 12 heteroatoms. The number of aryl methyl sites for hydroxylation is 1. The SMILES string of the molecule is Cc1nc(Cl)c2c(c1F)CC(CNCCC1CN(c3cnc4c(n3)NC(=O)CO4)C(=O)O1)C2. The van der Waals surface area contributed by atoms with Crippen LogP contribution in [-0.4, -0.2) is 59.3 Å². The van der Waals surface area contributed by atoms with Crippen LogP contribution in [0.1, 0.15) is 23.2 Å². The molecule has 0 saturated carbocycles. The van der Waals surface area contributed by atoms with E-state index in [-0.39, 0.29) is 47.9 Å². The highest BCUT2D eigenvalue weighted by atomic mass is 35.5. The number of nitrogens with one attached hydrogen (secondary N) is 2. The van der Waals surface area contributed by atoms with Gasteiger partial charge in [-0.2, -0.15) is 0 Å². The van der Waals surface area contributed by atoms with Crippen molar-refractivity contribution in [3.8, 4) is 5.88 Å². The smallest absolute Gasteiger partial charge is 0.415 e.